The van der Waals surface area contributed by atoms with Crippen LogP contribution in [-0.4, -0.2) is 25.1 Å². The van der Waals surface area contributed by atoms with Gasteiger partial charge in [0.25, 0.3) is 0 Å². The van der Waals surface area contributed by atoms with E-state index in [0.29, 0.717) is 34.0 Å². The molecule has 0 heterocycles. The molecule has 0 aliphatic carbocycles. The number of benzene rings is 3. The molecule has 0 spiro atoms. The molecule has 3 N–H and O–H groups in total. The Balaban J connectivity index is 1.81. The highest BCUT2D eigenvalue weighted by Crippen LogP contribution is 2.26. The van der Waals surface area contributed by atoms with Crippen molar-refractivity contribution in [1.82, 2.24) is 0 Å². The minimum atomic E-state index is -0.606. The minimum absolute atomic E-state index is 0.321. The van der Waals surface area contributed by atoms with E-state index in [4.69, 9.17) is 10.5 Å². The fourth-order valence-corrected chi connectivity index (χ4v) is 3.47. The van der Waals surface area contributed by atoms with E-state index in [1.54, 1.807) is 67.9 Å². The third kappa shape index (κ3) is 7.87. The molecule has 0 saturated heterocycles. The van der Waals surface area contributed by atoms with Crippen LogP contribution in [0.15, 0.2) is 94.5 Å². The molecule has 0 atom stereocenters. The topological polar surface area (TPSA) is 76.7 Å². The second-order valence-electron chi connectivity index (χ2n) is 6.73. The van der Waals surface area contributed by atoms with Crippen LogP contribution in [0.25, 0.3) is 0 Å². The van der Waals surface area contributed by atoms with E-state index in [9.17, 15) is 9.18 Å². The Bertz CT molecular complexity index is 1210. The molecule has 3 aromatic rings. The van der Waals surface area contributed by atoms with Gasteiger partial charge in [-0.15, -0.1) is 11.8 Å². The molecule has 0 bridgehead atoms. The molecule has 3 rings (SSSR count). The fourth-order valence-electron chi connectivity index (χ4n) is 2.62. The Morgan fingerprint density at radius 2 is 1.88 bits per heavy atom. The molecule has 33 heavy (non-hydrogen) atoms. The van der Waals surface area contributed by atoms with E-state index < -0.39 is 6.09 Å². The van der Waals surface area contributed by atoms with Crippen LogP contribution >= 0.6 is 11.8 Å². The van der Waals surface area contributed by atoms with Gasteiger partial charge in [0.15, 0.2) is 0 Å². The van der Waals surface area contributed by atoms with Crippen molar-refractivity contribution < 1.29 is 13.9 Å². The molecule has 166 valence electrons. The number of para-hydroxylation sites is 1. The number of thioether (sulfide) groups is 1. The van der Waals surface area contributed by atoms with Crippen molar-refractivity contribution in [3.63, 3.8) is 0 Å². The molecule has 0 aromatic heterocycles. The van der Waals surface area contributed by atoms with Crippen molar-refractivity contribution in [1.29, 1.82) is 0 Å². The standard InChI is InChI=1S/C26H22FN3O2S/c1-29-16-15-22(28)18-33-25-14-13-23(30-26(31)32-24-5-3-2-4-6-24)17-20(25)10-7-19-8-11-21(27)12-9-19/h2-6,8-9,11-17H,18,28H2,1H3,(H,30,31)/b22-15-,29-16?. The first-order valence-corrected chi connectivity index (χ1v) is 11.0. The predicted molar refractivity (Wildman–Crippen MR) is 132 cm³/mol. The Morgan fingerprint density at radius 3 is 2.61 bits per heavy atom. The summed E-state index contributed by atoms with van der Waals surface area (Å²) in [6, 6.07) is 20.1. The van der Waals surface area contributed by atoms with Gasteiger partial charge in [-0.2, -0.15) is 0 Å². The molecule has 7 heteroatoms. The summed E-state index contributed by atoms with van der Waals surface area (Å²) < 4.78 is 18.5. The van der Waals surface area contributed by atoms with E-state index in [1.165, 1.54) is 23.9 Å². The van der Waals surface area contributed by atoms with Crippen LogP contribution < -0.4 is 15.8 Å². The molecule has 3 aromatic carbocycles. The van der Waals surface area contributed by atoms with Crippen LogP contribution in [0.5, 0.6) is 5.75 Å². The van der Waals surface area contributed by atoms with Gasteiger partial charge < -0.3 is 10.5 Å². The lowest BCUT2D eigenvalue weighted by Crippen LogP contribution is -2.16. The van der Waals surface area contributed by atoms with Gasteiger partial charge in [0, 0.05) is 46.4 Å². The quantitative estimate of drug-likeness (QED) is 0.291. The average Bonchev–Trinajstić information content (AvgIpc) is 2.82. The van der Waals surface area contributed by atoms with Gasteiger partial charge in [-0.25, -0.2) is 9.18 Å². The number of halogens is 1. The largest absolute Gasteiger partial charge is 0.417 e. The Labute approximate surface area is 196 Å². The molecule has 0 aliphatic heterocycles. The smallest absolute Gasteiger partial charge is 0.410 e. The van der Waals surface area contributed by atoms with E-state index in [0.717, 1.165) is 4.90 Å². The maximum Gasteiger partial charge on any atom is 0.417 e. The number of nitrogens with two attached hydrogens (primary N) is 1. The van der Waals surface area contributed by atoms with Crippen molar-refractivity contribution in [2.45, 2.75) is 4.90 Å². The number of carbonyl (C=O) groups is 1. The first-order valence-electron chi connectivity index (χ1n) is 9.98. The summed E-state index contributed by atoms with van der Waals surface area (Å²) in [5, 5.41) is 2.72. The number of hydrogen-bond acceptors (Lipinski definition) is 5. The number of allylic oxidation sites excluding steroid dienone is 1. The van der Waals surface area contributed by atoms with Gasteiger partial charge in [0.2, 0.25) is 0 Å². The third-order valence-corrected chi connectivity index (χ3v) is 5.34. The maximum absolute atomic E-state index is 13.2. The number of hydrogen-bond donors (Lipinski definition) is 2. The Kier molecular flexibility index (Phi) is 8.69. The average molecular weight is 460 g/mol. The zero-order chi connectivity index (χ0) is 23.5. The molecule has 0 saturated carbocycles. The highest BCUT2D eigenvalue weighted by molar-refractivity contribution is 7.99. The number of anilines is 1. The highest BCUT2D eigenvalue weighted by atomic mass is 32.2. The monoisotopic (exact) mass is 459 g/mol. The number of nitrogens with zero attached hydrogens (tertiary/aromatic N) is 1. The van der Waals surface area contributed by atoms with Crippen molar-refractivity contribution in [2.24, 2.45) is 10.7 Å². The summed E-state index contributed by atoms with van der Waals surface area (Å²) in [7, 11) is 1.68. The minimum Gasteiger partial charge on any atom is -0.410 e. The highest BCUT2D eigenvalue weighted by Gasteiger charge is 2.08. The Morgan fingerprint density at radius 1 is 1.12 bits per heavy atom. The van der Waals surface area contributed by atoms with Crippen LogP contribution in [0.4, 0.5) is 14.9 Å². The maximum atomic E-state index is 13.2. The van der Waals surface area contributed by atoms with E-state index >= 15 is 0 Å². The van der Waals surface area contributed by atoms with Crippen molar-refractivity contribution in [2.75, 3.05) is 18.1 Å². The molecule has 0 aliphatic rings. The zero-order valence-corrected chi connectivity index (χ0v) is 18.7. The fraction of sp³-hybridized carbons (Fsp3) is 0.0769. The molecule has 0 unspecified atom stereocenters. The van der Waals surface area contributed by atoms with Gasteiger partial charge in [0.1, 0.15) is 11.6 Å². The van der Waals surface area contributed by atoms with Crippen LogP contribution in [0.3, 0.4) is 0 Å². The lowest BCUT2D eigenvalue weighted by molar-refractivity contribution is 0.215. The van der Waals surface area contributed by atoms with Gasteiger partial charge in [-0.05, 0) is 60.7 Å². The second-order valence-corrected chi connectivity index (χ2v) is 7.75. The SMILES string of the molecule is CN=C/C=C(\N)CSc1ccc(NC(=O)Oc2ccccc2)cc1C#Cc1ccc(F)cc1. The summed E-state index contributed by atoms with van der Waals surface area (Å²) in [5.41, 5.74) is 8.57. The molecule has 0 radical (unpaired) electrons. The summed E-state index contributed by atoms with van der Waals surface area (Å²) >= 11 is 1.51. The van der Waals surface area contributed by atoms with Gasteiger partial charge in [0.05, 0.1) is 0 Å². The molecule has 5 nitrogen and oxygen atoms in total. The van der Waals surface area contributed by atoms with Gasteiger partial charge in [-0.1, -0.05) is 30.0 Å². The van der Waals surface area contributed by atoms with Crippen molar-refractivity contribution >= 4 is 29.8 Å². The van der Waals surface area contributed by atoms with Crippen molar-refractivity contribution in [3.05, 3.63) is 102 Å². The first-order chi connectivity index (χ1) is 16.0. The summed E-state index contributed by atoms with van der Waals surface area (Å²) in [6.45, 7) is 0. The second kappa shape index (κ2) is 12.1. The van der Waals surface area contributed by atoms with E-state index in [2.05, 4.69) is 22.2 Å². The lowest BCUT2D eigenvalue weighted by atomic mass is 10.1. The van der Waals surface area contributed by atoms with Crippen LogP contribution in [0, 0.1) is 17.7 Å². The van der Waals surface area contributed by atoms with E-state index in [1.807, 2.05) is 12.1 Å². The lowest BCUT2D eigenvalue weighted by Gasteiger charge is -2.10. The number of ether oxygens (including phenoxy) is 1. The molecular formula is C26H22FN3O2S. The number of rotatable bonds is 6. The number of aliphatic imine (C=N–C) groups is 1. The predicted octanol–water partition coefficient (Wildman–Crippen LogP) is 5.47. The van der Waals surface area contributed by atoms with Crippen molar-refractivity contribution in [3.8, 4) is 17.6 Å². The Hall–Kier alpha value is -4.02. The van der Waals surface area contributed by atoms with Crippen LogP contribution in [0.2, 0.25) is 0 Å². The first kappa shape index (κ1) is 23.6. The number of nitrogens with one attached hydrogen (secondary N) is 1. The normalized spacial score (nSPS) is 11.0. The molecule has 0 fully saturated rings. The van der Waals surface area contributed by atoms with Gasteiger partial charge in [-0.3, -0.25) is 10.3 Å². The van der Waals surface area contributed by atoms with Crippen LogP contribution in [0.1, 0.15) is 11.1 Å². The van der Waals surface area contributed by atoms with Crippen LogP contribution in [-0.2, 0) is 0 Å². The van der Waals surface area contributed by atoms with Gasteiger partial charge >= 0.3 is 6.09 Å². The number of carbonyl (C=O) groups excluding carboxylic acids is 1. The summed E-state index contributed by atoms with van der Waals surface area (Å²) in [5.74, 6) is 6.80. The number of amides is 1. The van der Waals surface area contributed by atoms with E-state index in [-0.39, 0.29) is 5.82 Å². The molecular weight excluding hydrogens is 437 g/mol. The summed E-state index contributed by atoms with van der Waals surface area (Å²) in [6.07, 6.45) is 2.77. The third-order valence-electron chi connectivity index (χ3n) is 4.20. The molecule has 1 amide bonds. The summed E-state index contributed by atoms with van der Waals surface area (Å²) in [4.78, 5) is 17.0. The zero-order valence-electron chi connectivity index (χ0n) is 17.9.